The number of azo groups is 2. The molecular weight excluding hydrogens is 598 g/mol. The Balaban J connectivity index is 1.66. The smallest absolute Gasteiger partial charge is 0.221 e. The molecule has 4 aromatic carbocycles. The summed E-state index contributed by atoms with van der Waals surface area (Å²) in [6.07, 6.45) is 0. The third-order valence-corrected chi connectivity index (χ3v) is 6.42. The first-order chi connectivity index (χ1) is 20.2. The number of anilines is 1. The topological polar surface area (TPSA) is 237 Å². The second kappa shape index (κ2) is 13.9. The minimum atomic E-state index is -0.482. The van der Waals surface area contributed by atoms with Gasteiger partial charge in [-0.2, -0.15) is 0 Å². The molecule has 0 aliphatic rings. The van der Waals surface area contributed by atoms with Gasteiger partial charge >= 0.3 is 0 Å². The van der Waals surface area contributed by atoms with Gasteiger partial charge in [-0.05, 0) is 41.8 Å². The van der Waals surface area contributed by atoms with E-state index in [0.717, 1.165) is 12.1 Å². The third kappa shape index (κ3) is 7.40. The van der Waals surface area contributed by atoms with Crippen molar-refractivity contribution in [2.24, 2.45) is 20.5 Å². The minimum Gasteiger partial charge on any atom is -0.506 e. The summed E-state index contributed by atoms with van der Waals surface area (Å²) in [5.41, 5.74) is -0.201. The van der Waals surface area contributed by atoms with Crippen molar-refractivity contribution < 1.29 is 54.5 Å². The van der Waals surface area contributed by atoms with Crippen molar-refractivity contribution >= 4 is 69.2 Å². The minimum absolute atomic E-state index is 0.0308. The van der Waals surface area contributed by atoms with Crippen LogP contribution in [0.25, 0.3) is 10.8 Å². The molecule has 18 heteroatoms. The molecule has 42 heavy (non-hydrogen) atoms. The van der Waals surface area contributed by atoms with Crippen molar-refractivity contribution in [3.05, 3.63) is 54.6 Å². The first-order valence-electron chi connectivity index (χ1n) is 11.3. The average Bonchev–Trinajstić information content (AvgIpc) is 2.96. The average molecular weight is 618 g/mol. The number of aromatic hydroxyl groups is 4. The number of phenols is 4. The number of phenolic OH excluding ortho intramolecular Hbond substituents is 4. The summed E-state index contributed by atoms with van der Waals surface area (Å²) in [5, 5.41) is 84.9. The Bertz CT molecular complexity index is 1690. The van der Waals surface area contributed by atoms with Crippen molar-refractivity contribution in [3.8, 4) is 23.0 Å². The highest BCUT2D eigenvalue weighted by atomic mass is 32.2. The molecule has 0 atom stereocenters. The molecule has 0 heterocycles. The van der Waals surface area contributed by atoms with Crippen LogP contribution >= 0.6 is 24.1 Å². The fourth-order valence-electron chi connectivity index (χ4n) is 3.45. The van der Waals surface area contributed by atoms with E-state index in [2.05, 4.69) is 44.5 Å². The predicted molar refractivity (Wildman–Crippen MR) is 147 cm³/mol. The highest BCUT2D eigenvalue weighted by Crippen LogP contribution is 2.46. The quantitative estimate of drug-likeness (QED) is 0.0287. The fraction of sp³-hybridized carbons (Fsp3) is 0.0417. The van der Waals surface area contributed by atoms with Gasteiger partial charge in [-0.3, -0.25) is 4.79 Å². The number of benzene rings is 4. The molecule has 4 aromatic rings. The molecule has 1 amide bonds. The monoisotopic (exact) mass is 617 g/mol. The zero-order valence-corrected chi connectivity index (χ0v) is 22.7. The standard InChI is InChI=1S/C24H19N5O11S2/c1-11(30)25-13-3-2-12-6-22(42-40-38-36)23(24(34)15(12)7-13)29-28-18-10-20(32)17(9-21(18)33)27-26-16-8-14(41-39-37-35)4-5-19(16)31/h2-10,31-36H,1H3,(H,25,30). The lowest BCUT2D eigenvalue weighted by atomic mass is 10.1. The van der Waals surface area contributed by atoms with Gasteiger partial charge in [0.15, 0.2) is 5.75 Å². The van der Waals surface area contributed by atoms with Crippen LogP contribution in [-0.4, -0.2) is 36.8 Å². The normalized spacial score (nSPS) is 11.6. The Morgan fingerprint density at radius 3 is 2.00 bits per heavy atom. The molecule has 218 valence electrons. The van der Waals surface area contributed by atoms with Crippen molar-refractivity contribution in [3.63, 3.8) is 0 Å². The van der Waals surface area contributed by atoms with E-state index in [4.69, 9.17) is 10.5 Å². The molecule has 16 nitrogen and oxygen atoms in total. The highest BCUT2D eigenvalue weighted by Gasteiger charge is 2.17. The molecule has 4 rings (SSSR count). The number of fused-ring (bicyclic) bond motifs is 1. The number of amides is 1. The molecule has 0 aliphatic carbocycles. The molecule has 0 spiro atoms. The van der Waals surface area contributed by atoms with Crippen molar-refractivity contribution in [2.45, 2.75) is 16.7 Å². The third-order valence-electron chi connectivity index (χ3n) is 5.23. The van der Waals surface area contributed by atoms with Crippen LogP contribution in [0, 0.1) is 0 Å². The van der Waals surface area contributed by atoms with E-state index in [1.807, 2.05) is 0 Å². The molecular formula is C24H19N5O11S2. The van der Waals surface area contributed by atoms with E-state index in [9.17, 15) is 25.2 Å². The fourth-order valence-corrected chi connectivity index (χ4v) is 4.34. The zero-order chi connectivity index (χ0) is 30.2. The SMILES string of the molecule is CC(=O)Nc1ccc2cc(SOOO)c(N=Nc3cc(O)c(N=Nc4cc(SOOO)ccc4O)cc3O)c(O)c2c1. The lowest BCUT2D eigenvalue weighted by Crippen LogP contribution is -2.05. The lowest BCUT2D eigenvalue weighted by molar-refractivity contribution is -0.432. The predicted octanol–water partition coefficient (Wildman–Crippen LogP) is 7.31. The molecule has 0 aromatic heterocycles. The molecule has 0 radical (unpaired) electrons. The summed E-state index contributed by atoms with van der Waals surface area (Å²) in [4.78, 5) is 12.0. The summed E-state index contributed by atoms with van der Waals surface area (Å²) in [6.45, 7) is 1.33. The Morgan fingerprint density at radius 1 is 0.738 bits per heavy atom. The van der Waals surface area contributed by atoms with E-state index in [-0.39, 0.29) is 50.4 Å². The zero-order valence-electron chi connectivity index (χ0n) is 21.0. The Hall–Kier alpha value is -4.53. The van der Waals surface area contributed by atoms with Crippen molar-refractivity contribution in [1.29, 1.82) is 0 Å². The molecule has 0 saturated carbocycles. The van der Waals surface area contributed by atoms with Crippen LogP contribution < -0.4 is 5.32 Å². The Labute approximate surface area is 243 Å². The van der Waals surface area contributed by atoms with E-state index in [1.54, 1.807) is 12.1 Å². The number of nitrogens with zero attached hydrogens (tertiary/aromatic N) is 4. The molecule has 0 saturated heterocycles. The van der Waals surface area contributed by atoms with Crippen LogP contribution in [0.15, 0.2) is 84.8 Å². The number of rotatable bonds is 11. The van der Waals surface area contributed by atoms with Gasteiger partial charge in [-0.1, -0.05) is 16.1 Å². The maximum Gasteiger partial charge on any atom is 0.221 e. The molecule has 0 fully saturated rings. The molecule has 0 bridgehead atoms. The number of carbonyl (C=O) groups excluding carboxylic acids is 1. The lowest BCUT2D eigenvalue weighted by Gasteiger charge is -2.11. The second-order valence-corrected chi connectivity index (χ2v) is 9.54. The first-order valence-corrected chi connectivity index (χ1v) is 12.8. The summed E-state index contributed by atoms with van der Waals surface area (Å²) in [6, 6.07) is 12.4. The van der Waals surface area contributed by atoms with Gasteiger partial charge in [-0.15, -0.1) is 29.1 Å². The van der Waals surface area contributed by atoms with Crippen LogP contribution in [0.1, 0.15) is 6.92 Å². The maximum atomic E-state index is 11.4. The van der Waals surface area contributed by atoms with E-state index in [0.29, 0.717) is 40.1 Å². The van der Waals surface area contributed by atoms with Crippen LogP contribution in [0.5, 0.6) is 23.0 Å². The molecule has 0 aliphatic heterocycles. The van der Waals surface area contributed by atoms with Gasteiger partial charge in [0.2, 0.25) is 5.91 Å². The van der Waals surface area contributed by atoms with Gasteiger partial charge < -0.3 is 25.7 Å². The second-order valence-electron chi connectivity index (χ2n) is 8.02. The maximum absolute atomic E-state index is 11.4. The van der Waals surface area contributed by atoms with Crippen molar-refractivity contribution in [1.82, 2.24) is 0 Å². The van der Waals surface area contributed by atoms with Gasteiger partial charge in [0, 0.05) is 35.0 Å². The summed E-state index contributed by atoms with van der Waals surface area (Å²) in [7, 11) is 0. The summed E-state index contributed by atoms with van der Waals surface area (Å²) >= 11 is 1.13. The van der Waals surface area contributed by atoms with Crippen molar-refractivity contribution in [2.75, 3.05) is 5.32 Å². The van der Waals surface area contributed by atoms with Gasteiger partial charge in [0.1, 0.15) is 40.0 Å². The van der Waals surface area contributed by atoms with Crippen LogP contribution in [-0.2, 0) is 23.5 Å². The Morgan fingerprint density at radius 2 is 1.36 bits per heavy atom. The number of nitrogens with one attached hydrogen (secondary N) is 1. The number of hydrogen-bond acceptors (Lipinski definition) is 17. The Kier molecular flexibility index (Phi) is 10.1. The molecule has 0 unspecified atom stereocenters. The summed E-state index contributed by atoms with van der Waals surface area (Å²) in [5.74, 6) is -1.91. The van der Waals surface area contributed by atoms with Gasteiger partial charge in [0.05, 0.1) is 29.0 Å². The van der Waals surface area contributed by atoms with Crippen LogP contribution in [0.4, 0.5) is 28.4 Å². The van der Waals surface area contributed by atoms with Gasteiger partial charge in [-0.25, -0.2) is 10.5 Å². The first kappa shape index (κ1) is 30.4. The van der Waals surface area contributed by atoms with Crippen LogP contribution in [0.3, 0.4) is 0 Å². The van der Waals surface area contributed by atoms with E-state index >= 15 is 0 Å². The summed E-state index contributed by atoms with van der Waals surface area (Å²) < 4.78 is 8.82. The van der Waals surface area contributed by atoms with Gasteiger partial charge in [0.25, 0.3) is 0 Å². The number of hydrogen-bond donors (Lipinski definition) is 7. The van der Waals surface area contributed by atoms with E-state index in [1.165, 1.54) is 37.3 Å². The van der Waals surface area contributed by atoms with Crippen LogP contribution in [0.2, 0.25) is 0 Å². The number of carbonyl (C=O) groups is 1. The highest BCUT2D eigenvalue weighted by molar-refractivity contribution is 7.94. The molecule has 7 N–H and O–H groups in total. The van der Waals surface area contributed by atoms with E-state index < -0.39 is 11.5 Å². The largest absolute Gasteiger partial charge is 0.506 e.